The van der Waals surface area contributed by atoms with Crippen LogP contribution < -0.4 is 0 Å². The van der Waals surface area contributed by atoms with E-state index >= 15 is 0 Å². The molecule has 0 amide bonds. The van der Waals surface area contributed by atoms with Crippen molar-refractivity contribution < 1.29 is 9.90 Å². The van der Waals surface area contributed by atoms with Crippen molar-refractivity contribution in [2.24, 2.45) is 0 Å². The van der Waals surface area contributed by atoms with Crippen molar-refractivity contribution in [1.82, 2.24) is 4.57 Å². The molecule has 0 fully saturated rings. The molecule has 1 unspecified atom stereocenters. The molecule has 1 N–H and O–H groups in total. The number of aliphatic carboxylic acids is 1. The SMILES string of the molecule is CC(C(=O)O)n1c2ccccc2c2cccc(Br)c21. The Morgan fingerprint density at radius 1 is 1.16 bits per heavy atom. The number of nitrogens with zero attached hydrogens (tertiary/aromatic N) is 1. The minimum Gasteiger partial charge on any atom is -0.480 e. The fourth-order valence-electron chi connectivity index (χ4n) is 2.52. The predicted octanol–water partition coefficient (Wildman–Crippen LogP) is 4.20. The lowest BCUT2D eigenvalue weighted by atomic mass is 10.2. The highest BCUT2D eigenvalue weighted by molar-refractivity contribution is 9.10. The zero-order valence-electron chi connectivity index (χ0n) is 10.3. The first kappa shape index (κ1) is 12.2. The van der Waals surface area contributed by atoms with E-state index in [9.17, 15) is 9.90 Å². The zero-order valence-corrected chi connectivity index (χ0v) is 11.9. The molecule has 0 spiro atoms. The Balaban J connectivity index is 2.54. The average molecular weight is 318 g/mol. The monoisotopic (exact) mass is 317 g/mol. The van der Waals surface area contributed by atoms with Crippen molar-refractivity contribution in [1.29, 1.82) is 0 Å². The minimum absolute atomic E-state index is 0.610. The summed E-state index contributed by atoms with van der Waals surface area (Å²) in [6.45, 7) is 1.70. The van der Waals surface area contributed by atoms with Gasteiger partial charge < -0.3 is 9.67 Å². The van der Waals surface area contributed by atoms with Crippen LogP contribution in [0.2, 0.25) is 0 Å². The summed E-state index contributed by atoms with van der Waals surface area (Å²) in [5.41, 5.74) is 1.87. The standard InChI is InChI=1S/C15H12BrNO2/c1-9(15(18)19)17-13-8-3-2-5-10(13)11-6-4-7-12(16)14(11)17/h2-9H,1H3,(H,18,19). The van der Waals surface area contributed by atoms with Gasteiger partial charge in [-0.1, -0.05) is 30.3 Å². The Morgan fingerprint density at radius 2 is 1.84 bits per heavy atom. The molecule has 0 saturated carbocycles. The van der Waals surface area contributed by atoms with Gasteiger partial charge in [-0.15, -0.1) is 0 Å². The molecule has 0 radical (unpaired) electrons. The van der Waals surface area contributed by atoms with Crippen LogP contribution in [0.15, 0.2) is 46.9 Å². The van der Waals surface area contributed by atoms with Crippen LogP contribution >= 0.6 is 15.9 Å². The van der Waals surface area contributed by atoms with Crippen molar-refractivity contribution in [2.75, 3.05) is 0 Å². The number of hydrogen-bond donors (Lipinski definition) is 1. The third kappa shape index (κ3) is 1.75. The largest absolute Gasteiger partial charge is 0.480 e. The van der Waals surface area contributed by atoms with Gasteiger partial charge in [0.15, 0.2) is 0 Å². The maximum atomic E-state index is 11.4. The lowest BCUT2D eigenvalue weighted by molar-refractivity contribution is -0.140. The summed E-state index contributed by atoms with van der Waals surface area (Å²) < 4.78 is 2.78. The lowest BCUT2D eigenvalue weighted by Crippen LogP contribution is -2.15. The molecule has 3 rings (SSSR count). The highest BCUT2D eigenvalue weighted by Gasteiger charge is 2.20. The molecule has 0 aliphatic heterocycles. The topological polar surface area (TPSA) is 42.2 Å². The van der Waals surface area contributed by atoms with E-state index in [4.69, 9.17) is 0 Å². The number of rotatable bonds is 2. The fraction of sp³-hybridized carbons (Fsp3) is 0.133. The van der Waals surface area contributed by atoms with E-state index in [0.29, 0.717) is 0 Å². The van der Waals surface area contributed by atoms with E-state index < -0.39 is 12.0 Å². The first-order valence-electron chi connectivity index (χ1n) is 6.01. The summed E-state index contributed by atoms with van der Waals surface area (Å²) in [5, 5.41) is 11.5. The van der Waals surface area contributed by atoms with Gasteiger partial charge in [0.1, 0.15) is 6.04 Å². The van der Waals surface area contributed by atoms with Crippen LogP contribution in [0.25, 0.3) is 21.8 Å². The van der Waals surface area contributed by atoms with E-state index in [1.165, 1.54) is 0 Å². The molecule has 19 heavy (non-hydrogen) atoms. The number of carbonyl (C=O) groups is 1. The molecule has 2 aromatic carbocycles. The molecule has 4 heteroatoms. The molecule has 1 atom stereocenters. The van der Waals surface area contributed by atoms with Crippen molar-refractivity contribution in [3.8, 4) is 0 Å². The average Bonchev–Trinajstić information content (AvgIpc) is 2.74. The normalized spacial score (nSPS) is 12.9. The summed E-state index contributed by atoms with van der Waals surface area (Å²) in [6, 6.07) is 13.2. The summed E-state index contributed by atoms with van der Waals surface area (Å²) >= 11 is 3.53. The molecule has 96 valence electrons. The number of carboxylic acids is 1. The van der Waals surface area contributed by atoms with Crippen LogP contribution in [-0.4, -0.2) is 15.6 Å². The molecular weight excluding hydrogens is 306 g/mol. The second-order valence-corrected chi connectivity index (χ2v) is 5.39. The van der Waals surface area contributed by atoms with Gasteiger partial charge in [-0.2, -0.15) is 0 Å². The van der Waals surface area contributed by atoms with Crippen molar-refractivity contribution in [2.45, 2.75) is 13.0 Å². The number of fused-ring (bicyclic) bond motifs is 3. The maximum Gasteiger partial charge on any atom is 0.326 e. The first-order chi connectivity index (χ1) is 9.11. The third-order valence-corrected chi connectivity index (χ3v) is 4.07. The summed E-state index contributed by atoms with van der Waals surface area (Å²) in [6.07, 6.45) is 0. The molecule has 3 aromatic rings. The first-order valence-corrected chi connectivity index (χ1v) is 6.80. The minimum atomic E-state index is -0.835. The molecule has 0 bridgehead atoms. The molecule has 0 saturated heterocycles. The Labute approximate surface area is 118 Å². The summed E-state index contributed by atoms with van der Waals surface area (Å²) in [5.74, 6) is -0.835. The van der Waals surface area contributed by atoms with Crippen LogP contribution in [0.3, 0.4) is 0 Å². The van der Waals surface area contributed by atoms with Crippen LogP contribution in [0, 0.1) is 0 Å². The second-order valence-electron chi connectivity index (χ2n) is 4.54. The molecular formula is C15H12BrNO2. The number of hydrogen-bond acceptors (Lipinski definition) is 1. The van der Waals surface area contributed by atoms with Gasteiger partial charge >= 0.3 is 5.97 Å². The molecule has 3 nitrogen and oxygen atoms in total. The summed E-state index contributed by atoms with van der Waals surface area (Å²) in [4.78, 5) is 11.4. The van der Waals surface area contributed by atoms with Gasteiger partial charge in [-0.3, -0.25) is 0 Å². The van der Waals surface area contributed by atoms with E-state index in [0.717, 1.165) is 26.3 Å². The number of carboxylic acid groups (broad SMARTS) is 1. The van der Waals surface area contributed by atoms with E-state index in [1.807, 2.05) is 47.0 Å². The highest BCUT2D eigenvalue weighted by Crippen LogP contribution is 2.35. The predicted molar refractivity (Wildman–Crippen MR) is 79.5 cm³/mol. The van der Waals surface area contributed by atoms with Gasteiger partial charge in [0, 0.05) is 20.8 Å². The van der Waals surface area contributed by atoms with Crippen LogP contribution in [0.1, 0.15) is 13.0 Å². The van der Waals surface area contributed by atoms with Crippen LogP contribution in [0.5, 0.6) is 0 Å². The molecule has 0 aliphatic rings. The van der Waals surface area contributed by atoms with E-state index in [-0.39, 0.29) is 0 Å². The molecule has 1 aromatic heterocycles. The van der Waals surface area contributed by atoms with Gasteiger partial charge in [0.25, 0.3) is 0 Å². The fourth-order valence-corrected chi connectivity index (χ4v) is 3.08. The quantitative estimate of drug-likeness (QED) is 0.769. The van der Waals surface area contributed by atoms with Gasteiger partial charge in [0.05, 0.1) is 5.52 Å². The third-order valence-electron chi connectivity index (χ3n) is 3.43. The van der Waals surface area contributed by atoms with Crippen molar-refractivity contribution in [3.05, 3.63) is 46.9 Å². The Morgan fingerprint density at radius 3 is 2.58 bits per heavy atom. The number of para-hydroxylation sites is 2. The number of aromatic nitrogens is 1. The van der Waals surface area contributed by atoms with E-state index in [1.54, 1.807) is 6.92 Å². The van der Waals surface area contributed by atoms with Crippen molar-refractivity contribution >= 4 is 43.7 Å². The lowest BCUT2D eigenvalue weighted by Gasteiger charge is -2.13. The van der Waals surface area contributed by atoms with Gasteiger partial charge in [-0.25, -0.2) is 4.79 Å². The Bertz CT molecular complexity index is 791. The van der Waals surface area contributed by atoms with Gasteiger partial charge in [-0.05, 0) is 35.0 Å². The molecule has 0 aliphatic carbocycles. The highest BCUT2D eigenvalue weighted by atomic mass is 79.9. The maximum absolute atomic E-state index is 11.4. The van der Waals surface area contributed by atoms with Crippen molar-refractivity contribution in [3.63, 3.8) is 0 Å². The number of benzene rings is 2. The Hall–Kier alpha value is -1.81. The Kier molecular flexibility index (Phi) is 2.82. The zero-order chi connectivity index (χ0) is 13.6. The second kappa shape index (κ2) is 4.38. The molecule has 1 heterocycles. The van der Waals surface area contributed by atoms with E-state index in [2.05, 4.69) is 15.9 Å². The van der Waals surface area contributed by atoms with Crippen LogP contribution in [-0.2, 0) is 4.79 Å². The summed E-state index contributed by atoms with van der Waals surface area (Å²) in [7, 11) is 0. The number of halogens is 1. The van der Waals surface area contributed by atoms with Crippen LogP contribution in [0.4, 0.5) is 0 Å². The van der Waals surface area contributed by atoms with Gasteiger partial charge in [0.2, 0.25) is 0 Å². The smallest absolute Gasteiger partial charge is 0.326 e.